The summed E-state index contributed by atoms with van der Waals surface area (Å²) in [4.78, 5) is 10.8. The number of carbonyl (C=O) groups excluding carboxylic acids is 1. The molecule has 7 heteroatoms. The minimum atomic E-state index is -4.96. The van der Waals surface area contributed by atoms with Gasteiger partial charge in [-0.15, -0.1) is 0 Å². The zero-order valence-corrected chi connectivity index (χ0v) is 11.5. The van der Waals surface area contributed by atoms with E-state index in [1.165, 1.54) is 36.4 Å². The lowest BCUT2D eigenvalue weighted by atomic mass is 10.1. The van der Waals surface area contributed by atoms with Crippen LogP contribution in [0.5, 0.6) is 0 Å². The molecule has 0 bridgehead atoms. The Morgan fingerprint density at radius 2 is 1.39 bits per heavy atom. The molecule has 2 rings (SSSR count). The third kappa shape index (κ3) is 4.91. The topological polar surface area (TPSA) is 29.1 Å². The number of hydrogen-bond donors (Lipinski definition) is 1. The maximum absolute atomic E-state index is 13.0. The van der Waals surface area contributed by atoms with Crippen molar-refractivity contribution in [3.05, 3.63) is 65.2 Å². The van der Waals surface area contributed by atoms with E-state index in [0.29, 0.717) is 11.1 Å². The van der Waals surface area contributed by atoms with E-state index in [9.17, 15) is 26.7 Å². The fourth-order valence-electron chi connectivity index (χ4n) is 1.74. The largest absolute Gasteiger partial charge is 0.471 e. The first-order valence-corrected chi connectivity index (χ1v) is 6.36. The number of halogens is 5. The summed E-state index contributed by atoms with van der Waals surface area (Å²) in [6.45, 7) is 0. The first-order chi connectivity index (χ1) is 10.7. The molecule has 2 aromatic rings. The monoisotopic (exact) mass is 327 g/mol. The van der Waals surface area contributed by atoms with Crippen LogP contribution in [0.1, 0.15) is 11.1 Å². The van der Waals surface area contributed by atoms with Crippen molar-refractivity contribution >= 4 is 23.7 Å². The minimum Gasteiger partial charge on any atom is -0.318 e. The smallest absolute Gasteiger partial charge is 0.318 e. The Balaban J connectivity index is 2.08. The molecule has 23 heavy (non-hydrogen) atoms. The van der Waals surface area contributed by atoms with Gasteiger partial charge in [0.25, 0.3) is 0 Å². The summed E-state index contributed by atoms with van der Waals surface area (Å²) in [5.74, 6) is -3.49. The SMILES string of the molecule is O=C(Nc1ccc(/C=C/c2cc(F)cc(F)c2)cc1)C(F)(F)F. The minimum absolute atomic E-state index is 0.0127. The van der Waals surface area contributed by atoms with Crippen LogP contribution in [-0.4, -0.2) is 12.1 Å². The molecule has 0 aliphatic carbocycles. The van der Waals surface area contributed by atoms with E-state index in [1.54, 1.807) is 5.32 Å². The molecule has 0 radical (unpaired) electrons. The maximum atomic E-state index is 13.0. The maximum Gasteiger partial charge on any atom is 0.471 e. The van der Waals surface area contributed by atoms with Crippen molar-refractivity contribution in [3.63, 3.8) is 0 Å². The van der Waals surface area contributed by atoms with Crippen LogP contribution in [-0.2, 0) is 4.79 Å². The highest BCUT2D eigenvalue weighted by Gasteiger charge is 2.38. The summed E-state index contributed by atoms with van der Waals surface area (Å²) in [7, 11) is 0. The van der Waals surface area contributed by atoms with E-state index in [1.807, 2.05) is 0 Å². The second-order valence-corrected chi connectivity index (χ2v) is 4.61. The molecule has 0 atom stereocenters. The molecular formula is C16H10F5NO. The molecule has 0 fully saturated rings. The van der Waals surface area contributed by atoms with Crippen LogP contribution in [0.15, 0.2) is 42.5 Å². The quantitative estimate of drug-likeness (QED) is 0.646. The Bertz CT molecular complexity index is 715. The number of alkyl halides is 3. The fourth-order valence-corrected chi connectivity index (χ4v) is 1.74. The van der Waals surface area contributed by atoms with Gasteiger partial charge in [0.2, 0.25) is 0 Å². The van der Waals surface area contributed by atoms with Gasteiger partial charge in [-0.2, -0.15) is 13.2 Å². The van der Waals surface area contributed by atoms with Gasteiger partial charge in [0.15, 0.2) is 0 Å². The van der Waals surface area contributed by atoms with E-state index < -0.39 is 23.7 Å². The van der Waals surface area contributed by atoms with Crippen molar-refractivity contribution in [1.82, 2.24) is 0 Å². The van der Waals surface area contributed by atoms with Gasteiger partial charge in [-0.05, 0) is 35.4 Å². The Labute approximate surface area is 128 Å². The van der Waals surface area contributed by atoms with Gasteiger partial charge in [-0.3, -0.25) is 4.79 Å². The Hall–Kier alpha value is -2.70. The Kier molecular flexibility index (Phi) is 4.78. The van der Waals surface area contributed by atoms with Crippen LogP contribution in [0, 0.1) is 11.6 Å². The summed E-state index contributed by atoms with van der Waals surface area (Å²) in [6, 6.07) is 8.51. The van der Waals surface area contributed by atoms with E-state index in [0.717, 1.165) is 18.2 Å². The molecule has 2 nitrogen and oxygen atoms in total. The average Bonchev–Trinajstić information content (AvgIpc) is 2.44. The number of amides is 1. The first kappa shape index (κ1) is 16.7. The number of hydrogen-bond acceptors (Lipinski definition) is 1. The fraction of sp³-hybridized carbons (Fsp3) is 0.0625. The Morgan fingerprint density at radius 1 is 0.870 bits per heavy atom. The van der Waals surface area contributed by atoms with E-state index >= 15 is 0 Å². The first-order valence-electron chi connectivity index (χ1n) is 6.36. The molecule has 0 unspecified atom stereocenters. The van der Waals surface area contributed by atoms with Gasteiger partial charge in [-0.1, -0.05) is 24.3 Å². The van der Waals surface area contributed by atoms with Crippen LogP contribution >= 0.6 is 0 Å². The highest BCUT2D eigenvalue weighted by molar-refractivity contribution is 5.95. The van der Waals surface area contributed by atoms with Crippen molar-refractivity contribution in [3.8, 4) is 0 Å². The van der Waals surface area contributed by atoms with Crippen LogP contribution in [0.4, 0.5) is 27.6 Å². The summed E-state index contributed by atoms with van der Waals surface area (Å²) in [5.41, 5.74) is 0.873. The summed E-state index contributed by atoms with van der Waals surface area (Å²) in [6.07, 6.45) is -1.97. The molecule has 0 saturated heterocycles. The lowest BCUT2D eigenvalue weighted by Gasteiger charge is -2.07. The van der Waals surface area contributed by atoms with Crippen molar-refractivity contribution < 1.29 is 26.7 Å². The third-order valence-corrected chi connectivity index (χ3v) is 2.78. The molecule has 1 amide bonds. The van der Waals surface area contributed by atoms with E-state index in [4.69, 9.17) is 0 Å². The highest BCUT2D eigenvalue weighted by Crippen LogP contribution is 2.19. The number of carbonyl (C=O) groups is 1. The van der Waals surface area contributed by atoms with Gasteiger partial charge >= 0.3 is 12.1 Å². The van der Waals surface area contributed by atoms with Gasteiger partial charge in [0.1, 0.15) is 11.6 Å². The number of anilines is 1. The molecule has 1 N–H and O–H groups in total. The van der Waals surface area contributed by atoms with Gasteiger partial charge in [0, 0.05) is 11.8 Å². The average molecular weight is 327 g/mol. The van der Waals surface area contributed by atoms with Crippen molar-refractivity contribution in [1.29, 1.82) is 0 Å². The number of rotatable bonds is 3. The normalized spacial score (nSPS) is 11.7. The second kappa shape index (κ2) is 6.60. The second-order valence-electron chi connectivity index (χ2n) is 4.61. The number of benzene rings is 2. The molecule has 120 valence electrons. The van der Waals surface area contributed by atoms with E-state index in [2.05, 4.69) is 0 Å². The standard InChI is InChI=1S/C16H10F5NO/c17-12-7-11(8-13(18)9-12)2-1-10-3-5-14(6-4-10)22-15(23)16(19,20)21/h1-9H,(H,22,23)/b2-1+. The Morgan fingerprint density at radius 3 is 1.91 bits per heavy atom. The van der Waals surface area contributed by atoms with E-state index in [-0.39, 0.29) is 5.69 Å². The molecule has 0 aliphatic rings. The molecule has 0 heterocycles. The summed E-state index contributed by atoms with van der Waals surface area (Å²) in [5, 5.41) is 1.71. The summed E-state index contributed by atoms with van der Waals surface area (Å²) >= 11 is 0. The highest BCUT2D eigenvalue weighted by atomic mass is 19.4. The lowest BCUT2D eigenvalue weighted by molar-refractivity contribution is -0.167. The van der Waals surface area contributed by atoms with Crippen molar-refractivity contribution in [2.45, 2.75) is 6.18 Å². The number of nitrogens with one attached hydrogen (secondary N) is 1. The van der Waals surface area contributed by atoms with Crippen LogP contribution in [0.3, 0.4) is 0 Å². The zero-order chi connectivity index (χ0) is 17.0. The molecule has 2 aromatic carbocycles. The summed E-state index contributed by atoms with van der Waals surface area (Å²) < 4.78 is 62.3. The van der Waals surface area contributed by atoms with Gasteiger partial charge in [0.05, 0.1) is 0 Å². The molecule has 0 aromatic heterocycles. The van der Waals surface area contributed by atoms with Crippen LogP contribution in [0.2, 0.25) is 0 Å². The van der Waals surface area contributed by atoms with Gasteiger partial charge in [-0.25, -0.2) is 8.78 Å². The van der Waals surface area contributed by atoms with Crippen LogP contribution in [0.25, 0.3) is 12.2 Å². The third-order valence-electron chi connectivity index (χ3n) is 2.78. The predicted octanol–water partition coefficient (Wildman–Crippen LogP) is 4.64. The van der Waals surface area contributed by atoms with Crippen molar-refractivity contribution in [2.24, 2.45) is 0 Å². The predicted molar refractivity (Wildman–Crippen MR) is 76.4 cm³/mol. The molecular weight excluding hydrogens is 317 g/mol. The van der Waals surface area contributed by atoms with Crippen LogP contribution < -0.4 is 5.32 Å². The zero-order valence-electron chi connectivity index (χ0n) is 11.5. The molecule has 0 aliphatic heterocycles. The molecule has 0 spiro atoms. The lowest BCUT2D eigenvalue weighted by Crippen LogP contribution is -2.29. The van der Waals surface area contributed by atoms with Gasteiger partial charge < -0.3 is 5.32 Å². The molecule has 0 saturated carbocycles. The van der Waals surface area contributed by atoms with Crippen molar-refractivity contribution in [2.75, 3.05) is 5.32 Å².